The predicted molar refractivity (Wildman–Crippen MR) is 100 cm³/mol. The lowest BCUT2D eigenvalue weighted by molar-refractivity contribution is 0.0238. The van der Waals surface area contributed by atoms with Crippen LogP contribution in [0.4, 0.5) is 0 Å². The normalized spacial score (nSPS) is 17.0. The number of hydrogen-bond acceptors (Lipinski definition) is 3. The summed E-state index contributed by atoms with van der Waals surface area (Å²) in [5, 5.41) is 2.50. The van der Waals surface area contributed by atoms with E-state index in [4.69, 9.17) is 4.74 Å². The van der Waals surface area contributed by atoms with Crippen LogP contribution in [0.3, 0.4) is 0 Å². The summed E-state index contributed by atoms with van der Waals surface area (Å²) in [6.45, 7) is 3.42. The first-order chi connectivity index (χ1) is 11.8. The Morgan fingerprint density at radius 1 is 1.00 bits per heavy atom. The monoisotopic (exact) mass is 382 g/mol. The molecule has 1 aromatic heterocycles. The predicted octanol–water partition coefficient (Wildman–Crippen LogP) is 4.42. The second-order valence-electron chi connectivity index (χ2n) is 6.03. The summed E-state index contributed by atoms with van der Waals surface area (Å²) in [6.07, 6.45) is 3.80. The number of aromatic nitrogens is 1. The highest BCUT2D eigenvalue weighted by Gasteiger charge is 2.26. The molecule has 0 aliphatic carbocycles. The minimum atomic E-state index is 0.182. The maximum atomic E-state index is 5.55. The molecule has 4 rings (SSSR count). The Morgan fingerprint density at radius 3 is 2.62 bits per heavy atom. The zero-order valence-electron chi connectivity index (χ0n) is 13.4. The van der Waals surface area contributed by atoms with Crippen LogP contribution in [-0.2, 0) is 4.74 Å². The fourth-order valence-electron chi connectivity index (χ4n) is 3.42. The van der Waals surface area contributed by atoms with Crippen LogP contribution in [0.1, 0.15) is 17.2 Å². The number of morpholine rings is 1. The number of halogens is 1. The zero-order chi connectivity index (χ0) is 16.4. The molecule has 0 saturated carbocycles. The lowest BCUT2D eigenvalue weighted by Gasteiger charge is -2.35. The number of nitrogens with zero attached hydrogens (tertiary/aromatic N) is 2. The molecular formula is C20H19BrN2O. The van der Waals surface area contributed by atoms with Gasteiger partial charge < -0.3 is 4.74 Å². The van der Waals surface area contributed by atoms with Crippen molar-refractivity contribution in [3.8, 4) is 0 Å². The molecule has 0 amide bonds. The lowest BCUT2D eigenvalue weighted by Crippen LogP contribution is -2.39. The summed E-state index contributed by atoms with van der Waals surface area (Å²) >= 11 is 3.87. The van der Waals surface area contributed by atoms with Crippen molar-refractivity contribution < 1.29 is 4.74 Å². The van der Waals surface area contributed by atoms with Gasteiger partial charge in [0.15, 0.2) is 0 Å². The molecule has 122 valence electrons. The van der Waals surface area contributed by atoms with Gasteiger partial charge in [-0.25, -0.2) is 0 Å². The Bertz CT molecular complexity index is 831. The Kier molecular flexibility index (Phi) is 4.60. The van der Waals surface area contributed by atoms with Gasteiger partial charge >= 0.3 is 0 Å². The first kappa shape index (κ1) is 15.8. The molecule has 1 fully saturated rings. The molecule has 3 nitrogen and oxygen atoms in total. The van der Waals surface area contributed by atoms with E-state index in [-0.39, 0.29) is 6.04 Å². The molecule has 1 aliphatic heterocycles. The van der Waals surface area contributed by atoms with Crippen LogP contribution in [0.15, 0.2) is 65.4 Å². The highest BCUT2D eigenvalue weighted by Crippen LogP contribution is 2.37. The smallest absolute Gasteiger partial charge is 0.0629 e. The van der Waals surface area contributed by atoms with Crippen LogP contribution in [0, 0.1) is 0 Å². The molecule has 0 bridgehead atoms. The van der Waals surface area contributed by atoms with E-state index < -0.39 is 0 Å². The van der Waals surface area contributed by atoms with E-state index in [9.17, 15) is 0 Å². The van der Waals surface area contributed by atoms with Crippen molar-refractivity contribution in [3.05, 3.63) is 76.5 Å². The van der Waals surface area contributed by atoms with Crippen molar-refractivity contribution in [3.63, 3.8) is 0 Å². The standard InChI is InChI=1S/C20H19BrN2O/c21-19-17-6-2-1-4-15(17)7-8-18(19)20(16-5-3-9-22-14-16)23-10-12-24-13-11-23/h1-9,14,20H,10-13H2. The molecule has 24 heavy (non-hydrogen) atoms. The number of ether oxygens (including phenoxy) is 1. The zero-order valence-corrected chi connectivity index (χ0v) is 14.9. The van der Waals surface area contributed by atoms with Gasteiger partial charge in [0.2, 0.25) is 0 Å². The van der Waals surface area contributed by atoms with Crippen molar-refractivity contribution in [2.45, 2.75) is 6.04 Å². The van der Waals surface area contributed by atoms with Crippen molar-refractivity contribution in [2.75, 3.05) is 26.3 Å². The number of rotatable bonds is 3. The van der Waals surface area contributed by atoms with Gasteiger partial charge in [-0.05, 0) is 43.9 Å². The van der Waals surface area contributed by atoms with Gasteiger partial charge in [0.25, 0.3) is 0 Å². The quantitative estimate of drug-likeness (QED) is 0.670. The Hall–Kier alpha value is -1.75. The van der Waals surface area contributed by atoms with E-state index in [2.05, 4.69) is 68.3 Å². The van der Waals surface area contributed by atoms with E-state index in [0.717, 1.165) is 26.3 Å². The van der Waals surface area contributed by atoms with Crippen LogP contribution >= 0.6 is 15.9 Å². The first-order valence-electron chi connectivity index (χ1n) is 8.23. The molecule has 1 saturated heterocycles. The van der Waals surface area contributed by atoms with Gasteiger partial charge in [-0.2, -0.15) is 0 Å². The molecule has 2 heterocycles. The third-order valence-electron chi connectivity index (χ3n) is 4.60. The van der Waals surface area contributed by atoms with E-state index in [1.807, 2.05) is 18.5 Å². The molecule has 4 heteroatoms. The average Bonchev–Trinajstić information content (AvgIpc) is 2.66. The van der Waals surface area contributed by atoms with Crippen molar-refractivity contribution >= 4 is 26.7 Å². The van der Waals surface area contributed by atoms with Crippen LogP contribution in [0.25, 0.3) is 10.8 Å². The van der Waals surface area contributed by atoms with E-state index in [1.165, 1.54) is 26.4 Å². The molecule has 1 aliphatic rings. The Morgan fingerprint density at radius 2 is 1.83 bits per heavy atom. The molecule has 0 spiro atoms. The minimum absolute atomic E-state index is 0.182. The van der Waals surface area contributed by atoms with Crippen molar-refractivity contribution in [1.82, 2.24) is 9.88 Å². The summed E-state index contributed by atoms with van der Waals surface area (Å²) in [6, 6.07) is 17.3. The van der Waals surface area contributed by atoms with Gasteiger partial charge in [-0.3, -0.25) is 9.88 Å². The molecule has 1 unspecified atom stereocenters. The third-order valence-corrected chi connectivity index (χ3v) is 5.48. The summed E-state index contributed by atoms with van der Waals surface area (Å²) in [7, 11) is 0. The number of pyridine rings is 1. The molecule has 3 aromatic rings. The second kappa shape index (κ2) is 7.01. The lowest BCUT2D eigenvalue weighted by atomic mass is 9.95. The van der Waals surface area contributed by atoms with Gasteiger partial charge in [0, 0.05) is 30.0 Å². The molecular weight excluding hydrogens is 364 g/mol. The van der Waals surface area contributed by atoms with Gasteiger partial charge in [0.05, 0.1) is 19.3 Å². The average molecular weight is 383 g/mol. The molecule has 0 radical (unpaired) electrons. The van der Waals surface area contributed by atoms with E-state index in [0.29, 0.717) is 0 Å². The van der Waals surface area contributed by atoms with E-state index in [1.54, 1.807) is 0 Å². The molecule has 1 atom stereocenters. The number of hydrogen-bond donors (Lipinski definition) is 0. The Labute approximate surface area is 150 Å². The summed E-state index contributed by atoms with van der Waals surface area (Å²) in [4.78, 5) is 6.83. The Balaban J connectivity index is 1.85. The molecule has 2 aromatic carbocycles. The maximum absolute atomic E-state index is 5.55. The van der Waals surface area contributed by atoms with Crippen LogP contribution in [-0.4, -0.2) is 36.2 Å². The minimum Gasteiger partial charge on any atom is -0.379 e. The fourth-order valence-corrected chi connectivity index (χ4v) is 4.13. The molecule has 0 N–H and O–H groups in total. The number of fused-ring (bicyclic) bond motifs is 1. The van der Waals surface area contributed by atoms with Gasteiger partial charge in [0.1, 0.15) is 0 Å². The second-order valence-corrected chi connectivity index (χ2v) is 6.82. The van der Waals surface area contributed by atoms with Crippen molar-refractivity contribution in [2.24, 2.45) is 0 Å². The van der Waals surface area contributed by atoms with Crippen molar-refractivity contribution in [1.29, 1.82) is 0 Å². The summed E-state index contributed by atoms with van der Waals surface area (Å²) in [5.74, 6) is 0. The topological polar surface area (TPSA) is 25.4 Å². The SMILES string of the molecule is Brc1c(C(c2cccnc2)N2CCOCC2)ccc2ccccc12. The largest absolute Gasteiger partial charge is 0.379 e. The van der Waals surface area contributed by atoms with Gasteiger partial charge in [-0.15, -0.1) is 0 Å². The van der Waals surface area contributed by atoms with Crippen LogP contribution in [0.5, 0.6) is 0 Å². The summed E-state index contributed by atoms with van der Waals surface area (Å²) < 4.78 is 6.72. The highest BCUT2D eigenvalue weighted by molar-refractivity contribution is 9.10. The van der Waals surface area contributed by atoms with Gasteiger partial charge in [-0.1, -0.05) is 42.5 Å². The van der Waals surface area contributed by atoms with E-state index >= 15 is 0 Å². The maximum Gasteiger partial charge on any atom is 0.0629 e. The van der Waals surface area contributed by atoms with Crippen LogP contribution < -0.4 is 0 Å². The fraction of sp³-hybridized carbons (Fsp3) is 0.250. The number of benzene rings is 2. The van der Waals surface area contributed by atoms with Crippen LogP contribution in [0.2, 0.25) is 0 Å². The highest BCUT2D eigenvalue weighted by atomic mass is 79.9. The first-order valence-corrected chi connectivity index (χ1v) is 9.03. The third kappa shape index (κ3) is 2.97. The summed E-state index contributed by atoms with van der Waals surface area (Å²) in [5.41, 5.74) is 2.50.